The van der Waals surface area contributed by atoms with Gasteiger partial charge in [-0.2, -0.15) is 0 Å². The number of β-amino-alcohol motifs (C(OH)–C–C–N with tert-alkyl or cyclic N) is 1. The lowest BCUT2D eigenvalue weighted by Gasteiger charge is -2.13. The molecule has 1 aliphatic rings. The predicted octanol–water partition coefficient (Wildman–Crippen LogP) is 1.48. The minimum atomic E-state index is -0.480. The molecule has 4 N–H and O–H groups in total. The van der Waals surface area contributed by atoms with E-state index in [4.69, 9.17) is 0 Å². The number of thioether (sulfide) groups is 1. The van der Waals surface area contributed by atoms with Gasteiger partial charge >= 0.3 is 0 Å². The quantitative estimate of drug-likeness (QED) is 0.584. The third-order valence-electron chi connectivity index (χ3n) is 3.99. The first-order valence-electron chi connectivity index (χ1n) is 7.69. The highest BCUT2D eigenvalue weighted by Gasteiger charge is 2.27. The van der Waals surface area contributed by atoms with Crippen molar-refractivity contribution in [2.75, 3.05) is 12.8 Å². The Morgan fingerprint density at radius 1 is 1.54 bits per heavy atom. The van der Waals surface area contributed by atoms with Crippen LogP contribution in [0.15, 0.2) is 28.9 Å². The minimum Gasteiger partial charge on any atom is -0.508 e. The van der Waals surface area contributed by atoms with Crippen LogP contribution in [-0.2, 0) is 11.3 Å². The number of rotatable bonds is 6. The molecule has 1 aromatic rings. The molecule has 1 aliphatic heterocycles. The number of phenols is 1. The molecule has 2 rings (SSSR count). The summed E-state index contributed by atoms with van der Waals surface area (Å²) in [6.45, 7) is 6.06. The van der Waals surface area contributed by atoms with Crippen LogP contribution < -0.4 is 10.6 Å². The Bertz CT molecular complexity index is 660. The van der Waals surface area contributed by atoms with Crippen LogP contribution in [0.3, 0.4) is 0 Å². The Balaban J connectivity index is 2.05. The summed E-state index contributed by atoms with van der Waals surface area (Å²) >= 11 is 1.54. The highest BCUT2D eigenvalue weighted by atomic mass is 32.2. The lowest BCUT2D eigenvalue weighted by atomic mass is 10.1. The number of carbonyl (C=O) groups excluding carboxylic acids is 1. The largest absolute Gasteiger partial charge is 0.508 e. The van der Waals surface area contributed by atoms with Gasteiger partial charge in [0.05, 0.1) is 17.8 Å². The fourth-order valence-electron chi connectivity index (χ4n) is 2.62. The first kappa shape index (κ1) is 18.5. The van der Waals surface area contributed by atoms with Gasteiger partial charge in [-0.15, -0.1) is 11.8 Å². The number of aliphatic imine (C=N–C) groups is 1. The summed E-state index contributed by atoms with van der Waals surface area (Å²) in [5.41, 5.74) is 2.30. The molecule has 1 saturated heterocycles. The molecule has 6 nitrogen and oxygen atoms in total. The predicted molar refractivity (Wildman–Crippen MR) is 98.0 cm³/mol. The number of aromatic hydroxyl groups is 1. The van der Waals surface area contributed by atoms with E-state index in [1.54, 1.807) is 12.1 Å². The van der Waals surface area contributed by atoms with Gasteiger partial charge in [0.1, 0.15) is 5.75 Å². The van der Waals surface area contributed by atoms with Crippen LogP contribution in [-0.4, -0.2) is 47.8 Å². The normalized spacial score (nSPS) is 21.3. The smallest absolute Gasteiger partial charge is 0.237 e. The monoisotopic (exact) mass is 349 g/mol. The first-order valence-corrected chi connectivity index (χ1v) is 8.91. The number of hydrogen-bond acceptors (Lipinski definition) is 6. The highest BCUT2D eigenvalue weighted by Crippen LogP contribution is 2.32. The van der Waals surface area contributed by atoms with Crippen LogP contribution in [0, 0.1) is 0 Å². The van der Waals surface area contributed by atoms with Crippen LogP contribution in [0.5, 0.6) is 5.75 Å². The van der Waals surface area contributed by atoms with E-state index >= 15 is 0 Å². The van der Waals surface area contributed by atoms with E-state index in [1.165, 1.54) is 11.8 Å². The molecule has 24 heavy (non-hydrogen) atoms. The third-order valence-corrected chi connectivity index (χ3v) is 4.93. The second kappa shape index (κ2) is 8.32. The van der Waals surface area contributed by atoms with E-state index in [9.17, 15) is 15.0 Å². The lowest BCUT2D eigenvalue weighted by Crippen LogP contribution is -2.40. The maximum atomic E-state index is 12.0. The van der Waals surface area contributed by atoms with Gasteiger partial charge in [0, 0.05) is 23.6 Å². The van der Waals surface area contributed by atoms with Crippen molar-refractivity contribution in [3.8, 4) is 5.75 Å². The van der Waals surface area contributed by atoms with E-state index in [0.29, 0.717) is 18.5 Å². The molecule has 1 amide bonds. The molecule has 0 aliphatic carbocycles. The molecular formula is C17H23N3O3S. The van der Waals surface area contributed by atoms with Crippen molar-refractivity contribution in [2.45, 2.75) is 32.0 Å². The number of carbonyl (C=O) groups is 1. The van der Waals surface area contributed by atoms with Crippen LogP contribution in [0.1, 0.15) is 24.5 Å². The molecule has 1 aromatic carbocycles. The number of hydrogen-bond donors (Lipinski definition) is 4. The maximum absolute atomic E-state index is 12.0. The number of amides is 1. The van der Waals surface area contributed by atoms with Crippen molar-refractivity contribution in [2.24, 2.45) is 4.99 Å². The molecule has 2 atom stereocenters. The van der Waals surface area contributed by atoms with Gasteiger partial charge in [-0.3, -0.25) is 9.79 Å². The lowest BCUT2D eigenvalue weighted by molar-refractivity contribution is -0.123. The number of nitrogens with one attached hydrogen (secondary N) is 2. The average molecular weight is 349 g/mol. The van der Waals surface area contributed by atoms with Gasteiger partial charge in [-0.05, 0) is 37.9 Å². The summed E-state index contributed by atoms with van der Waals surface area (Å²) in [5, 5.41) is 25.4. The summed E-state index contributed by atoms with van der Waals surface area (Å²) in [7, 11) is 0. The standard InChI is InChI=1S/C17H23N3O3S/c1-10(18-2)16(24-3)11-4-5-12(15(22)6-11)8-20-17(23)14-7-13(21)9-19-14/h4-6,13-14,19,21-22H,2,7-9H2,1,3H3,(H,20,23)/b16-10-/t13-,14+/m1/s1. The van der Waals surface area contributed by atoms with Crippen LogP contribution in [0.25, 0.3) is 4.91 Å². The van der Waals surface area contributed by atoms with Gasteiger partial charge < -0.3 is 20.8 Å². The summed E-state index contributed by atoms with van der Waals surface area (Å²) in [6, 6.07) is 4.96. The molecule has 130 valence electrons. The fraction of sp³-hybridized carbons (Fsp3) is 0.412. The Labute approximate surface area is 146 Å². The topological polar surface area (TPSA) is 94.0 Å². The van der Waals surface area contributed by atoms with Crippen molar-refractivity contribution in [1.82, 2.24) is 10.6 Å². The molecule has 7 heteroatoms. The Morgan fingerprint density at radius 2 is 2.29 bits per heavy atom. The Kier molecular flexibility index (Phi) is 6.42. The number of allylic oxidation sites excluding steroid dienone is 1. The number of benzene rings is 1. The molecule has 1 heterocycles. The molecule has 0 radical (unpaired) electrons. The van der Waals surface area contributed by atoms with Gasteiger partial charge in [0.2, 0.25) is 5.91 Å². The Morgan fingerprint density at radius 3 is 2.83 bits per heavy atom. The number of aliphatic hydroxyl groups is 1. The zero-order chi connectivity index (χ0) is 17.7. The van der Waals surface area contributed by atoms with Gasteiger partial charge in [-0.25, -0.2) is 0 Å². The maximum Gasteiger partial charge on any atom is 0.237 e. The van der Waals surface area contributed by atoms with Crippen LogP contribution in [0.2, 0.25) is 0 Å². The van der Waals surface area contributed by atoms with Crippen molar-refractivity contribution < 1.29 is 15.0 Å². The number of aliphatic hydroxyl groups excluding tert-OH is 1. The zero-order valence-corrected chi connectivity index (χ0v) is 14.7. The first-order chi connectivity index (χ1) is 11.5. The van der Waals surface area contributed by atoms with Crippen molar-refractivity contribution in [3.05, 3.63) is 35.0 Å². The zero-order valence-electron chi connectivity index (χ0n) is 13.9. The molecule has 1 fully saturated rings. The average Bonchev–Trinajstić information content (AvgIpc) is 3.00. The molecule has 0 bridgehead atoms. The van der Waals surface area contributed by atoms with E-state index in [0.717, 1.165) is 16.2 Å². The van der Waals surface area contributed by atoms with E-state index in [1.807, 2.05) is 19.2 Å². The van der Waals surface area contributed by atoms with Crippen LogP contribution >= 0.6 is 11.8 Å². The van der Waals surface area contributed by atoms with Gasteiger partial charge in [-0.1, -0.05) is 12.1 Å². The second-order valence-corrected chi connectivity index (χ2v) is 6.50. The van der Waals surface area contributed by atoms with Crippen molar-refractivity contribution >= 4 is 29.3 Å². The molecule has 0 saturated carbocycles. The highest BCUT2D eigenvalue weighted by molar-refractivity contribution is 8.07. The van der Waals surface area contributed by atoms with Gasteiger partial charge in [0.25, 0.3) is 0 Å². The van der Waals surface area contributed by atoms with Crippen molar-refractivity contribution in [1.29, 1.82) is 0 Å². The summed E-state index contributed by atoms with van der Waals surface area (Å²) < 4.78 is 0. The third kappa shape index (κ3) is 4.37. The Hall–Kier alpha value is -1.83. The fourth-order valence-corrected chi connectivity index (χ4v) is 3.35. The van der Waals surface area contributed by atoms with E-state index in [2.05, 4.69) is 22.3 Å². The van der Waals surface area contributed by atoms with Gasteiger partial charge in [0.15, 0.2) is 0 Å². The number of phenolic OH excluding ortho intramolecular Hbond substituents is 1. The summed E-state index contributed by atoms with van der Waals surface area (Å²) in [5.74, 6) is -0.0537. The summed E-state index contributed by atoms with van der Waals surface area (Å²) in [6.07, 6.45) is 1.87. The summed E-state index contributed by atoms with van der Waals surface area (Å²) in [4.78, 5) is 16.9. The second-order valence-electron chi connectivity index (χ2n) is 5.69. The molecule has 0 unspecified atom stereocenters. The molecule has 0 spiro atoms. The minimum absolute atomic E-state index is 0.121. The SMILES string of the molecule is C=N/C(C)=C(\SC)c1ccc(CNC(=O)[C@@H]2C[C@@H](O)CN2)c(O)c1. The van der Waals surface area contributed by atoms with E-state index in [-0.39, 0.29) is 24.2 Å². The van der Waals surface area contributed by atoms with Crippen molar-refractivity contribution in [3.63, 3.8) is 0 Å². The molecule has 0 aromatic heterocycles. The molecular weight excluding hydrogens is 326 g/mol. The number of nitrogens with zero attached hydrogens (tertiary/aromatic N) is 1. The van der Waals surface area contributed by atoms with Crippen LogP contribution in [0.4, 0.5) is 0 Å². The van der Waals surface area contributed by atoms with E-state index < -0.39 is 6.10 Å².